The number of nitrogens with one attached hydrogen (secondary N) is 1. The Kier molecular flexibility index (Phi) is 9.87. The van der Waals surface area contributed by atoms with Gasteiger partial charge in [0.15, 0.2) is 0 Å². The third-order valence-corrected chi connectivity index (χ3v) is 5.71. The van der Waals surface area contributed by atoms with Gasteiger partial charge in [0.25, 0.3) is 0 Å². The van der Waals surface area contributed by atoms with E-state index >= 15 is 0 Å². The van der Waals surface area contributed by atoms with Gasteiger partial charge in [0.05, 0.1) is 5.75 Å². The van der Waals surface area contributed by atoms with Crippen LogP contribution in [0.1, 0.15) is 38.3 Å². The van der Waals surface area contributed by atoms with Crippen LogP contribution in [0, 0.1) is 5.82 Å². The molecule has 0 aliphatic heterocycles. The van der Waals surface area contributed by atoms with Gasteiger partial charge < -0.3 is 10.2 Å². The summed E-state index contributed by atoms with van der Waals surface area (Å²) in [6.07, 6.45) is 1.22. The molecule has 2 rings (SSSR count). The molecule has 0 heterocycles. The number of hydrogen-bond donors (Lipinski definition) is 1. The largest absolute Gasteiger partial charge is 0.352 e. The molecule has 0 bridgehead atoms. The van der Waals surface area contributed by atoms with E-state index in [-0.39, 0.29) is 29.4 Å². The van der Waals surface area contributed by atoms with Crippen molar-refractivity contribution in [3.8, 4) is 0 Å². The van der Waals surface area contributed by atoms with E-state index < -0.39 is 6.04 Å². The van der Waals surface area contributed by atoms with E-state index in [1.807, 2.05) is 51.1 Å². The Bertz CT molecular complexity index is 814. The summed E-state index contributed by atoms with van der Waals surface area (Å²) in [5.74, 6) is 0.126. The van der Waals surface area contributed by atoms with Crippen LogP contribution in [-0.4, -0.2) is 41.1 Å². The molecule has 30 heavy (non-hydrogen) atoms. The SMILES string of the molecule is CC[C@H](C(=O)NC(C)C)N(CCc1ccccc1)C(=O)CSCc1ccccc1F. The Morgan fingerprint density at radius 2 is 1.73 bits per heavy atom. The van der Waals surface area contributed by atoms with Gasteiger partial charge in [-0.25, -0.2) is 4.39 Å². The molecule has 162 valence electrons. The van der Waals surface area contributed by atoms with Crippen LogP contribution >= 0.6 is 11.8 Å². The number of benzene rings is 2. The predicted molar refractivity (Wildman–Crippen MR) is 122 cm³/mol. The lowest BCUT2D eigenvalue weighted by Gasteiger charge is -2.31. The van der Waals surface area contributed by atoms with E-state index in [9.17, 15) is 14.0 Å². The summed E-state index contributed by atoms with van der Waals surface area (Å²) in [6.45, 7) is 6.20. The summed E-state index contributed by atoms with van der Waals surface area (Å²) in [6, 6.07) is 16.0. The highest BCUT2D eigenvalue weighted by molar-refractivity contribution is 7.99. The van der Waals surface area contributed by atoms with Crippen molar-refractivity contribution < 1.29 is 14.0 Å². The molecule has 0 fully saturated rings. The molecule has 1 atom stereocenters. The van der Waals surface area contributed by atoms with E-state index in [4.69, 9.17) is 0 Å². The zero-order valence-electron chi connectivity index (χ0n) is 17.9. The Balaban J connectivity index is 2.06. The van der Waals surface area contributed by atoms with Crippen LogP contribution < -0.4 is 5.32 Å². The number of nitrogens with zero attached hydrogens (tertiary/aromatic N) is 1. The fourth-order valence-electron chi connectivity index (χ4n) is 3.22. The molecule has 2 aromatic rings. The number of carbonyl (C=O) groups is 2. The summed E-state index contributed by atoms with van der Waals surface area (Å²) in [5, 5.41) is 2.93. The first-order valence-electron chi connectivity index (χ1n) is 10.4. The van der Waals surface area contributed by atoms with Crippen LogP contribution in [0.2, 0.25) is 0 Å². The van der Waals surface area contributed by atoms with Gasteiger partial charge in [-0.2, -0.15) is 0 Å². The lowest BCUT2D eigenvalue weighted by molar-refractivity contribution is -0.139. The summed E-state index contributed by atoms with van der Waals surface area (Å²) in [4.78, 5) is 27.5. The van der Waals surface area contributed by atoms with Crippen molar-refractivity contribution in [1.29, 1.82) is 0 Å². The first kappa shape index (κ1) is 23.9. The van der Waals surface area contributed by atoms with Crippen LogP contribution in [0.25, 0.3) is 0 Å². The van der Waals surface area contributed by atoms with Crippen molar-refractivity contribution in [3.63, 3.8) is 0 Å². The van der Waals surface area contributed by atoms with Gasteiger partial charge in [0.1, 0.15) is 11.9 Å². The van der Waals surface area contributed by atoms with Crippen molar-refractivity contribution in [2.45, 2.75) is 51.4 Å². The highest BCUT2D eigenvalue weighted by Gasteiger charge is 2.28. The Labute approximate surface area is 183 Å². The van der Waals surface area contributed by atoms with E-state index in [1.54, 1.807) is 23.1 Å². The number of thioether (sulfide) groups is 1. The maximum absolute atomic E-state index is 13.8. The summed E-state index contributed by atoms with van der Waals surface area (Å²) >= 11 is 1.37. The molecule has 0 unspecified atom stereocenters. The van der Waals surface area contributed by atoms with Crippen LogP contribution in [-0.2, 0) is 21.8 Å². The Morgan fingerprint density at radius 1 is 1.07 bits per heavy atom. The van der Waals surface area contributed by atoms with Crippen molar-refractivity contribution in [3.05, 3.63) is 71.5 Å². The molecule has 0 saturated heterocycles. The highest BCUT2D eigenvalue weighted by atomic mass is 32.2. The lowest BCUT2D eigenvalue weighted by Crippen LogP contribution is -2.52. The minimum atomic E-state index is -0.516. The monoisotopic (exact) mass is 430 g/mol. The molecule has 0 spiro atoms. The first-order valence-corrected chi connectivity index (χ1v) is 11.5. The molecule has 6 heteroatoms. The molecule has 0 saturated carbocycles. The molecule has 2 amide bonds. The van der Waals surface area contributed by atoms with Crippen molar-refractivity contribution in [2.24, 2.45) is 0 Å². The fourth-order valence-corrected chi connectivity index (χ4v) is 4.12. The van der Waals surface area contributed by atoms with Crippen LogP contribution in [0.3, 0.4) is 0 Å². The molecule has 4 nitrogen and oxygen atoms in total. The van der Waals surface area contributed by atoms with Crippen LogP contribution in [0.4, 0.5) is 4.39 Å². The summed E-state index contributed by atoms with van der Waals surface area (Å²) < 4.78 is 13.8. The number of carbonyl (C=O) groups excluding carboxylic acids is 2. The topological polar surface area (TPSA) is 49.4 Å². The Hall–Kier alpha value is -2.34. The van der Waals surface area contributed by atoms with Gasteiger partial charge in [-0.3, -0.25) is 9.59 Å². The normalized spacial score (nSPS) is 11.9. The van der Waals surface area contributed by atoms with Gasteiger partial charge in [0.2, 0.25) is 11.8 Å². The molecule has 2 aromatic carbocycles. The molecule has 1 N–H and O–H groups in total. The summed E-state index contributed by atoms with van der Waals surface area (Å²) in [5.41, 5.74) is 1.70. The second kappa shape index (κ2) is 12.4. The molecular weight excluding hydrogens is 399 g/mol. The Morgan fingerprint density at radius 3 is 2.37 bits per heavy atom. The van der Waals surface area contributed by atoms with Crippen LogP contribution in [0.5, 0.6) is 0 Å². The van der Waals surface area contributed by atoms with E-state index in [0.29, 0.717) is 30.7 Å². The second-order valence-electron chi connectivity index (χ2n) is 7.49. The molecule has 0 aliphatic rings. The minimum Gasteiger partial charge on any atom is -0.352 e. The zero-order chi connectivity index (χ0) is 21.9. The average molecular weight is 431 g/mol. The number of rotatable bonds is 11. The maximum atomic E-state index is 13.8. The number of hydrogen-bond acceptors (Lipinski definition) is 3. The quantitative estimate of drug-likeness (QED) is 0.574. The lowest BCUT2D eigenvalue weighted by atomic mass is 10.1. The molecule has 0 aromatic heterocycles. The van der Waals surface area contributed by atoms with Gasteiger partial charge >= 0.3 is 0 Å². The van der Waals surface area contributed by atoms with Gasteiger partial charge in [-0.1, -0.05) is 55.5 Å². The van der Waals surface area contributed by atoms with Crippen LogP contribution in [0.15, 0.2) is 54.6 Å². The average Bonchev–Trinajstić information content (AvgIpc) is 2.72. The van der Waals surface area contributed by atoms with Gasteiger partial charge in [0, 0.05) is 18.3 Å². The second-order valence-corrected chi connectivity index (χ2v) is 8.48. The molecule has 0 aliphatic carbocycles. The zero-order valence-corrected chi connectivity index (χ0v) is 18.8. The van der Waals surface area contributed by atoms with E-state index in [0.717, 1.165) is 5.56 Å². The first-order chi connectivity index (χ1) is 14.4. The summed E-state index contributed by atoms with van der Waals surface area (Å²) in [7, 11) is 0. The van der Waals surface area contributed by atoms with Crippen molar-refractivity contribution in [1.82, 2.24) is 10.2 Å². The number of amides is 2. The maximum Gasteiger partial charge on any atom is 0.242 e. The standard InChI is InChI=1S/C24H31FN2O2S/c1-4-22(24(29)26-18(2)3)27(15-14-19-10-6-5-7-11-19)23(28)17-30-16-20-12-8-9-13-21(20)25/h5-13,18,22H,4,14-17H2,1-3H3,(H,26,29)/t22-/m1/s1. The van der Waals surface area contributed by atoms with E-state index in [2.05, 4.69) is 5.32 Å². The van der Waals surface area contributed by atoms with Gasteiger partial charge in [-0.15, -0.1) is 11.8 Å². The van der Waals surface area contributed by atoms with Gasteiger partial charge in [-0.05, 0) is 43.9 Å². The third-order valence-electron chi connectivity index (χ3n) is 4.74. The van der Waals surface area contributed by atoms with Crippen molar-refractivity contribution >= 4 is 23.6 Å². The molecular formula is C24H31FN2O2S. The third kappa shape index (κ3) is 7.48. The minimum absolute atomic E-state index is 0.00746. The van der Waals surface area contributed by atoms with E-state index in [1.165, 1.54) is 17.8 Å². The van der Waals surface area contributed by atoms with Crippen molar-refractivity contribution in [2.75, 3.05) is 12.3 Å². The predicted octanol–water partition coefficient (Wildman–Crippen LogP) is 4.43. The highest BCUT2D eigenvalue weighted by Crippen LogP contribution is 2.17. The smallest absolute Gasteiger partial charge is 0.242 e. The fraction of sp³-hybridized carbons (Fsp3) is 0.417. The number of halogens is 1. The molecule has 0 radical (unpaired) electrons.